The van der Waals surface area contributed by atoms with Crippen LogP contribution in [0.25, 0.3) is 11.4 Å². The number of hydrogen-bond acceptors (Lipinski definition) is 5. The maximum Gasteiger partial charge on any atom is 0.328 e. The van der Waals surface area contributed by atoms with Crippen molar-refractivity contribution in [1.29, 1.82) is 0 Å². The van der Waals surface area contributed by atoms with E-state index in [1.807, 2.05) is 30.3 Å². The summed E-state index contributed by atoms with van der Waals surface area (Å²) >= 11 is 0. The van der Waals surface area contributed by atoms with Crippen molar-refractivity contribution in [3.8, 4) is 11.4 Å². The Bertz CT molecular complexity index is 973. The van der Waals surface area contributed by atoms with E-state index in [1.165, 1.54) is 16.8 Å². The fourth-order valence-electron chi connectivity index (χ4n) is 2.20. The third-order valence-electron chi connectivity index (χ3n) is 3.49. The third kappa shape index (κ3) is 4.28. The zero-order chi connectivity index (χ0) is 17.6. The Morgan fingerprint density at radius 2 is 1.96 bits per heavy atom. The second-order valence-corrected chi connectivity index (χ2v) is 5.30. The number of H-pyrrole nitrogens is 2. The van der Waals surface area contributed by atoms with Gasteiger partial charge in [0.2, 0.25) is 5.91 Å². The molecular formula is C16H16N6O3. The molecule has 0 saturated heterocycles. The molecule has 25 heavy (non-hydrogen) atoms. The fourth-order valence-corrected chi connectivity index (χ4v) is 2.20. The van der Waals surface area contributed by atoms with Crippen LogP contribution in [0.15, 0.2) is 52.2 Å². The molecule has 0 atom stereocenters. The second kappa shape index (κ2) is 7.39. The molecule has 0 aliphatic rings. The summed E-state index contributed by atoms with van der Waals surface area (Å²) in [7, 11) is 0. The Labute approximate surface area is 141 Å². The summed E-state index contributed by atoms with van der Waals surface area (Å²) < 4.78 is 1.27. The summed E-state index contributed by atoms with van der Waals surface area (Å²) in [5.74, 6) is 0.855. The Morgan fingerprint density at radius 3 is 2.72 bits per heavy atom. The lowest BCUT2D eigenvalue weighted by molar-refractivity contribution is -0.121. The van der Waals surface area contributed by atoms with Crippen LogP contribution < -0.4 is 16.6 Å². The molecule has 9 heteroatoms. The number of aryl methyl sites for hydroxylation is 1. The first-order chi connectivity index (χ1) is 12.1. The maximum atomic E-state index is 11.9. The number of aromatic nitrogens is 5. The molecule has 0 fully saturated rings. The quantitative estimate of drug-likeness (QED) is 0.584. The van der Waals surface area contributed by atoms with Crippen molar-refractivity contribution >= 4 is 5.91 Å². The van der Waals surface area contributed by atoms with Crippen molar-refractivity contribution in [2.45, 2.75) is 19.5 Å². The molecule has 0 aliphatic heterocycles. The van der Waals surface area contributed by atoms with Crippen molar-refractivity contribution in [2.24, 2.45) is 0 Å². The predicted octanol–water partition coefficient (Wildman–Crippen LogP) is 0.0282. The van der Waals surface area contributed by atoms with Crippen molar-refractivity contribution in [2.75, 3.05) is 0 Å². The Kier molecular flexibility index (Phi) is 4.84. The first kappa shape index (κ1) is 16.4. The van der Waals surface area contributed by atoms with Crippen LogP contribution in [0.2, 0.25) is 0 Å². The predicted molar refractivity (Wildman–Crippen MR) is 89.6 cm³/mol. The standard InChI is InChI=1S/C16H16N6O3/c23-13(6-8-22-9-7-14(24)19-16(22)25)17-10-12-18-15(21-20-12)11-4-2-1-3-5-11/h1-5,7,9H,6,8,10H2,(H,17,23)(H,18,20,21)(H,19,24,25). The smallest absolute Gasteiger partial charge is 0.328 e. The van der Waals surface area contributed by atoms with Gasteiger partial charge in [-0.25, -0.2) is 9.78 Å². The molecule has 0 bridgehead atoms. The van der Waals surface area contributed by atoms with E-state index in [4.69, 9.17) is 0 Å². The molecule has 2 heterocycles. The molecule has 0 spiro atoms. The molecule has 3 aromatic rings. The van der Waals surface area contributed by atoms with Crippen LogP contribution in [0.5, 0.6) is 0 Å². The van der Waals surface area contributed by atoms with Crippen LogP contribution >= 0.6 is 0 Å². The molecule has 3 N–H and O–H groups in total. The van der Waals surface area contributed by atoms with Crippen molar-refractivity contribution in [3.05, 3.63) is 69.3 Å². The number of hydrogen-bond donors (Lipinski definition) is 3. The number of nitrogens with zero attached hydrogens (tertiary/aromatic N) is 3. The normalized spacial score (nSPS) is 10.6. The van der Waals surface area contributed by atoms with Crippen LogP contribution in [0, 0.1) is 0 Å². The summed E-state index contributed by atoms with van der Waals surface area (Å²) in [5, 5.41) is 9.59. The van der Waals surface area contributed by atoms with E-state index >= 15 is 0 Å². The molecule has 3 rings (SSSR count). The summed E-state index contributed by atoms with van der Waals surface area (Å²) in [6.45, 7) is 0.381. The van der Waals surface area contributed by atoms with Gasteiger partial charge >= 0.3 is 5.69 Å². The van der Waals surface area contributed by atoms with Gasteiger partial charge in [-0.05, 0) is 0 Å². The third-order valence-corrected chi connectivity index (χ3v) is 3.49. The first-order valence-corrected chi connectivity index (χ1v) is 7.65. The highest BCUT2D eigenvalue weighted by atomic mass is 16.2. The van der Waals surface area contributed by atoms with Crippen LogP contribution in [-0.4, -0.2) is 30.6 Å². The fraction of sp³-hybridized carbons (Fsp3) is 0.188. The van der Waals surface area contributed by atoms with Crippen molar-refractivity contribution in [3.63, 3.8) is 0 Å². The van der Waals surface area contributed by atoms with E-state index in [0.29, 0.717) is 11.6 Å². The molecule has 1 amide bonds. The molecule has 128 valence electrons. The Balaban J connectivity index is 1.52. The molecule has 0 saturated carbocycles. The highest BCUT2D eigenvalue weighted by Gasteiger charge is 2.08. The van der Waals surface area contributed by atoms with Crippen LogP contribution in [0.4, 0.5) is 0 Å². The van der Waals surface area contributed by atoms with Crippen LogP contribution in [0.1, 0.15) is 12.2 Å². The number of rotatable bonds is 6. The molecule has 1 aromatic carbocycles. The van der Waals surface area contributed by atoms with Gasteiger partial charge in [0.05, 0.1) is 6.54 Å². The van der Waals surface area contributed by atoms with E-state index in [0.717, 1.165) is 5.56 Å². The monoisotopic (exact) mass is 340 g/mol. The number of aromatic amines is 2. The van der Waals surface area contributed by atoms with Gasteiger partial charge in [-0.15, -0.1) is 0 Å². The van der Waals surface area contributed by atoms with Gasteiger partial charge in [0.1, 0.15) is 5.82 Å². The number of nitrogens with one attached hydrogen (secondary N) is 3. The number of amides is 1. The van der Waals surface area contributed by atoms with Crippen LogP contribution in [0.3, 0.4) is 0 Å². The first-order valence-electron chi connectivity index (χ1n) is 7.65. The number of carbonyl (C=O) groups is 1. The molecule has 2 aromatic heterocycles. The van der Waals surface area contributed by atoms with Crippen molar-refractivity contribution in [1.82, 2.24) is 30.0 Å². The van der Waals surface area contributed by atoms with Gasteiger partial charge < -0.3 is 9.88 Å². The number of benzene rings is 1. The molecule has 0 radical (unpaired) electrons. The lowest BCUT2D eigenvalue weighted by Gasteiger charge is -2.05. The summed E-state index contributed by atoms with van der Waals surface area (Å²) in [4.78, 5) is 40.8. The lowest BCUT2D eigenvalue weighted by Crippen LogP contribution is -2.31. The average Bonchev–Trinajstić information content (AvgIpc) is 3.09. The van der Waals surface area contributed by atoms with Gasteiger partial charge in [-0.3, -0.25) is 19.7 Å². The number of carbonyl (C=O) groups excluding carboxylic acids is 1. The zero-order valence-corrected chi connectivity index (χ0v) is 13.2. The topological polar surface area (TPSA) is 126 Å². The van der Waals surface area contributed by atoms with Gasteiger partial charge in [0.25, 0.3) is 5.56 Å². The largest absolute Gasteiger partial charge is 0.349 e. The summed E-state index contributed by atoms with van der Waals surface area (Å²) in [6.07, 6.45) is 1.46. The van der Waals surface area contributed by atoms with Crippen molar-refractivity contribution < 1.29 is 4.79 Å². The molecular weight excluding hydrogens is 324 g/mol. The SMILES string of the molecule is O=C(CCn1ccc(=O)[nH]c1=O)NCc1nc(-c2ccccc2)n[nH]1. The minimum atomic E-state index is -0.539. The van der Waals surface area contributed by atoms with E-state index < -0.39 is 11.2 Å². The Hall–Kier alpha value is -3.49. The van der Waals surface area contributed by atoms with E-state index in [9.17, 15) is 14.4 Å². The molecule has 0 aliphatic carbocycles. The minimum Gasteiger partial charge on any atom is -0.349 e. The summed E-state index contributed by atoms with van der Waals surface area (Å²) in [5.41, 5.74) is -0.123. The molecule has 9 nitrogen and oxygen atoms in total. The average molecular weight is 340 g/mol. The van der Waals surface area contributed by atoms with E-state index in [2.05, 4.69) is 25.5 Å². The van der Waals surface area contributed by atoms with E-state index in [1.54, 1.807) is 0 Å². The zero-order valence-electron chi connectivity index (χ0n) is 13.2. The Morgan fingerprint density at radius 1 is 1.16 bits per heavy atom. The summed E-state index contributed by atoms with van der Waals surface area (Å²) in [6, 6.07) is 10.7. The minimum absolute atomic E-state index is 0.103. The second-order valence-electron chi connectivity index (χ2n) is 5.30. The van der Waals surface area contributed by atoms with Gasteiger partial charge in [-0.1, -0.05) is 30.3 Å². The van der Waals surface area contributed by atoms with Gasteiger partial charge in [-0.2, -0.15) is 5.10 Å². The van der Waals surface area contributed by atoms with Gasteiger partial charge in [0, 0.05) is 30.8 Å². The maximum absolute atomic E-state index is 11.9. The van der Waals surface area contributed by atoms with Gasteiger partial charge in [0.15, 0.2) is 5.82 Å². The van der Waals surface area contributed by atoms with E-state index in [-0.39, 0.29) is 25.4 Å². The highest BCUT2D eigenvalue weighted by Crippen LogP contribution is 2.12. The van der Waals surface area contributed by atoms with Crippen LogP contribution in [-0.2, 0) is 17.9 Å². The highest BCUT2D eigenvalue weighted by molar-refractivity contribution is 5.75. The molecule has 0 unspecified atom stereocenters. The lowest BCUT2D eigenvalue weighted by atomic mass is 10.2.